The fourth-order valence-corrected chi connectivity index (χ4v) is 2.60. The van der Waals surface area contributed by atoms with Gasteiger partial charge in [0.05, 0.1) is 0 Å². The summed E-state index contributed by atoms with van der Waals surface area (Å²) in [7, 11) is 2.01. The third-order valence-corrected chi connectivity index (χ3v) is 3.68. The van der Waals surface area contributed by atoms with E-state index in [0.29, 0.717) is 5.41 Å². The molecule has 1 aliphatic carbocycles. The SMILES string of the molecule is CNC[C@H]1C[C@@]1(C)c1ccccc1Cl. The first-order chi connectivity index (χ1) is 6.68. The van der Waals surface area contributed by atoms with Crippen molar-refractivity contribution in [1.29, 1.82) is 0 Å². The van der Waals surface area contributed by atoms with Gasteiger partial charge in [0.25, 0.3) is 0 Å². The molecule has 76 valence electrons. The normalized spacial score (nSPS) is 30.4. The van der Waals surface area contributed by atoms with E-state index in [-0.39, 0.29) is 0 Å². The fraction of sp³-hybridized carbons (Fsp3) is 0.500. The molecule has 1 aromatic carbocycles. The zero-order chi connectivity index (χ0) is 10.2. The second kappa shape index (κ2) is 3.56. The molecule has 1 fully saturated rings. The Balaban J connectivity index is 2.21. The molecule has 1 saturated carbocycles. The van der Waals surface area contributed by atoms with E-state index in [2.05, 4.69) is 24.4 Å². The molecule has 14 heavy (non-hydrogen) atoms. The Morgan fingerprint density at radius 1 is 1.50 bits per heavy atom. The third kappa shape index (κ3) is 1.55. The van der Waals surface area contributed by atoms with Gasteiger partial charge in [-0.3, -0.25) is 0 Å². The molecule has 0 unspecified atom stereocenters. The topological polar surface area (TPSA) is 12.0 Å². The summed E-state index contributed by atoms with van der Waals surface area (Å²) >= 11 is 6.19. The average molecular weight is 210 g/mol. The van der Waals surface area contributed by atoms with Crippen molar-refractivity contribution in [3.05, 3.63) is 34.9 Å². The van der Waals surface area contributed by atoms with Crippen LogP contribution >= 0.6 is 11.6 Å². The van der Waals surface area contributed by atoms with Gasteiger partial charge >= 0.3 is 0 Å². The van der Waals surface area contributed by atoms with E-state index in [0.717, 1.165) is 17.5 Å². The highest BCUT2D eigenvalue weighted by atomic mass is 35.5. The van der Waals surface area contributed by atoms with Gasteiger partial charge in [-0.2, -0.15) is 0 Å². The van der Waals surface area contributed by atoms with Crippen molar-refractivity contribution in [2.24, 2.45) is 5.92 Å². The van der Waals surface area contributed by atoms with E-state index in [4.69, 9.17) is 11.6 Å². The van der Waals surface area contributed by atoms with Crippen molar-refractivity contribution in [3.8, 4) is 0 Å². The highest BCUT2D eigenvalue weighted by Crippen LogP contribution is 2.55. The first-order valence-electron chi connectivity index (χ1n) is 5.08. The van der Waals surface area contributed by atoms with Crippen LogP contribution in [-0.4, -0.2) is 13.6 Å². The van der Waals surface area contributed by atoms with E-state index in [1.807, 2.05) is 19.2 Å². The molecule has 0 bridgehead atoms. The van der Waals surface area contributed by atoms with Gasteiger partial charge in [0.2, 0.25) is 0 Å². The van der Waals surface area contributed by atoms with Gasteiger partial charge in [-0.05, 0) is 43.0 Å². The van der Waals surface area contributed by atoms with Crippen molar-refractivity contribution in [1.82, 2.24) is 5.32 Å². The van der Waals surface area contributed by atoms with E-state index in [1.165, 1.54) is 12.0 Å². The van der Waals surface area contributed by atoms with Crippen LogP contribution in [0, 0.1) is 5.92 Å². The van der Waals surface area contributed by atoms with Crippen molar-refractivity contribution < 1.29 is 0 Å². The van der Waals surface area contributed by atoms with Crippen LogP contribution in [0.4, 0.5) is 0 Å². The summed E-state index contributed by atoms with van der Waals surface area (Å²) in [5, 5.41) is 4.14. The number of benzene rings is 1. The van der Waals surface area contributed by atoms with Gasteiger partial charge in [-0.15, -0.1) is 0 Å². The first kappa shape index (κ1) is 10.0. The molecule has 0 heterocycles. The zero-order valence-corrected chi connectivity index (χ0v) is 9.43. The van der Waals surface area contributed by atoms with E-state index in [9.17, 15) is 0 Å². The first-order valence-corrected chi connectivity index (χ1v) is 5.46. The molecule has 2 rings (SSSR count). The van der Waals surface area contributed by atoms with Gasteiger partial charge in [0.15, 0.2) is 0 Å². The summed E-state index contributed by atoms with van der Waals surface area (Å²) in [6.45, 7) is 3.39. The van der Waals surface area contributed by atoms with Crippen LogP contribution in [0.2, 0.25) is 5.02 Å². The van der Waals surface area contributed by atoms with Gasteiger partial charge in [0, 0.05) is 5.02 Å². The van der Waals surface area contributed by atoms with Gasteiger partial charge in [0.1, 0.15) is 0 Å². The molecular formula is C12H16ClN. The number of nitrogens with one attached hydrogen (secondary N) is 1. The van der Waals surface area contributed by atoms with Crippen molar-refractivity contribution >= 4 is 11.6 Å². The predicted molar refractivity (Wildman–Crippen MR) is 60.8 cm³/mol. The number of hydrogen-bond acceptors (Lipinski definition) is 1. The Labute approximate surface area is 90.5 Å². The quantitative estimate of drug-likeness (QED) is 0.808. The molecule has 0 radical (unpaired) electrons. The lowest BCUT2D eigenvalue weighted by Crippen LogP contribution is -2.16. The summed E-state index contributed by atoms with van der Waals surface area (Å²) in [6, 6.07) is 8.20. The summed E-state index contributed by atoms with van der Waals surface area (Å²) in [6.07, 6.45) is 1.25. The number of rotatable bonds is 3. The lowest BCUT2D eigenvalue weighted by Gasteiger charge is -2.13. The van der Waals surface area contributed by atoms with Crippen LogP contribution in [0.3, 0.4) is 0 Å². The monoisotopic (exact) mass is 209 g/mol. The highest BCUT2D eigenvalue weighted by Gasteiger charge is 2.51. The molecular weight excluding hydrogens is 194 g/mol. The molecule has 1 aromatic rings. The maximum Gasteiger partial charge on any atom is 0.0443 e. The molecule has 0 aliphatic heterocycles. The molecule has 1 aliphatic rings. The largest absolute Gasteiger partial charge is 0.319 e. The van der Waals surface area contributed by atoms with Crippen LogP contribution in [0.1, 0.15) is 18.9 Å². The molecule has 2 atom stereocenters. The van der Waals surface area contributed by atoms with Crippen LogP contribution in [0.25, 0.3) is 0 Å². The van der Waals surface area contributed by atoms with Gasteiger partial charge in [-0.25, -0.2) is 0 Å². The molecule has 0 saturated heterocycles. The zero-order valence-electron chi connectivity index (χ0n) is 8.68. The van der Waals surface area contributed by atoms with Gasteiger partial charge < -0.3 is 5.32 Å². The second-order valence-corrected chi connectivity index (χ2v) is 4.76. The smallest absolute Gasteiger partial charge is 0.0443 e. The maximum atomic E-state index is 6.19. The van der Waals surface area contributed by atoms with Crippen LogP contribution in [0.5, 0.6) is 0 Å². The van der Waals surface area contributed by atoms with Crippen molar-refractivity contribution in [2.45, 2.75) is 18.8 Å². The molecule has 1 nitrogen and oxygen atoms in total. The van der Waals surface area contributed by atoms with E-state index in [1.54, 1.807) is 0 Å². The summed E-state index contributed by atoms with van der Waals surface area (Å²) in [5.41, 5.74) is 1.61. The van der Waals surface area contributed by atoms with Crippen LogP contribution in [0.15, 0.2) is 24.3 Å². The van der Waals surface area contributed by atoms with E-state index < -0.39 is 0 Å². The number of hydrogen-bond donors (Lipinski definition) is 1. The highest BCUT2D eigenvalue weighted by molar-refractivity contribution is 6.31. The predicted octanol–water partition coefficient (Wildman–Crippen LogP) is 2.84. The lowest BCUT2D eigenvalue weighted by atomic mass is 9.95. The maximum absolute atomic E-state index is 6.19. The van der Waals surface area contributed by atoms with Gasteiger partial charge in [-0.1, -0.05) is 36.7 Å². The minimum absolute atomic E-state index is 0.307. The Bertz CT molecular complexity index is 337. The average Bonchev–Trinajstić information content (AvgIpc) is 2.79. The summed E-state index contributed by atoms with van der Waals surface area (Å²) < 4.78 is 0. The van der Waals surface area contributed by atoms with E-state index >= 15 is 0 Å². The summed E-state index contributed by atoms with van der Waals surface area (Å²) in [4.78, 5) is 0. The van der Waals surface area contributed by atoms with Crippen molar-refractivity contribution in [2.75, 3.05) is 13.6 Å². The third-order valence-electron chi connectivity index (χ3n) is 3.35. The minimum Gasteiger partial charge on any atom is -0.319 e. The molecule has 0 aromatic heterocycles. The van der Waals surface area contributed by atoms with Crippen LogP contribution < -0.4 is 5.32 Å². The van der Waals surface area contributed by atoms with Crippen molar-refractivity contribution in [3.63, 3.8) is 0 Å². The molecule has 0 amide bonds. The Morgan fingerprint density at radius 3 is 2.86 bits per heavy atom. The second-order valence-electron chi connectivity index (χ2n) is 4.36. The Morgan fingerprint density at radius 2 is 2.21 bits per heavy atom. The minimum atomic E-state index is 0.307. The number of halogens is 1. The van der Waals surface area contributed by atoms with Crippen LogP contribution in [-0.2, 0) is 5.41 Å². The fourth-order valence-electron chi connectivity index (χ4n) is 2.25. The molecule has 0 spiro atoms. The Hall–Kier alpha value is -0.530. The lowest BCUT2D eigenvalue weighted by molar-refractivity contribution is 0.617. The Kier molecular flexibility index (Phi) is 2.54. The summed E-state index contributed by atoms with van der Waals surface area (Å²) in [5.74, 6) is 0.743. The molecule has 1 N–H and O–H groups in total. The molecule has 2 heteroatoms. The standard InChI is InChI=1S/C12H16ClN/c1-12(7-9(12)8-14-2)10-5-3-4-6-11(10)13/h3-6,9,14H,7-8H2,1-2H3/t9-,12-/m1/s1.